The van der Waals surface area contributed by atoms with Gasteiger partial charge < -0.3 is 9.73 Å². The number of hydrogen-bond donors (Lipinski definition) is 1. The van der Waals surface area contributed by atoms with E-state index in [0.29, 0.717) is 5.92 Å². The molecule has 1 aliphatic rings. The van der Waals surface area contributed by atoms with E-state index in [9.17, 15) is 0 Å². The normalized spacial score (nSPS) is 20.9. The van der Waals surface area contributed by atoms with Crippen molar-refractivity contribution in [3.8, 4) is 0 Å². The maximum absolute atomic E-state index is 5.90. The first-order chi connectivity index (χ1) is 10.3. The quantitative estimate of drug-likeness (QED) is 0.505. The Morgan fingerprint density at radius 2 is 1.71 bits per heavy atom. The average molecular weight is 291 g/mol. The largest absolute Gasteiger partial charge is 0.464 e. The Kier molecular flexibility index (Phi) is 7.35. The van der Waals surface area contributed by atoms with Crippen molar-refractivity contribution in [2.24, 2.45) is 5.92 Å². The summed E-state index contributed by atoms with van der Waals surface area (Å²) in [6.45, 7) is 6.58. The third kappa shape index (κ3) is 6.25. The minimum absolute atomic E-state index is 0.700. The van der Waals surface area contributed by atoms with Gasteiger partial charge in [-0.15, -0.1) is 0 Å². The van der Waals surface area contributed by atoms with E-state index in [0.717, 1.165) is 24.8 Å². The zero-order chi connectivity index (χ0) is 14.9. The van der Waals surface area contributed by atoms with Crippen LogP contribution in [0.25, 0.3) is 0 Å². The fourth-order valence-corrected chi connectivity index (χ4v) is 3.00. The molecule has 120 valence electrons. The molecule has 1 aromatic rings. The lowest BCUT2D eigenvalue weighted by molar-refractivity contribution is 0.441. The number of hydrogen-bond acceptors (Lipinski definition) is 2. The standard InChI is InChI=1S/C19H33NO/c1-3-4-5-6-7-8-9-10-13-20-15-17-11-12-19(21-17)18-14-16(18)2/h11-12,16,18,20H,3-10,13-15H2,1-2H3. The summed E-state index contributed by atoms with van der Waals surface area (Å²) in [4.78, 5) is 0. The van der Waals surface area contributed by atoms with Gasteiger partial charge in [-0.1, -0.05) is 58.8 Å². The molecular weight excluding hydrogens is 258 g/mol. The summed E-state index contributed by atoms with van der Waals surface area (Å²) >= 11 is 0. The first-order valence-corrected chi connectivity index (χ1v) is 9.10. The summed E-state index contributed by atoms with van der Waals surface area (Å²) < 4.78 is 5.90. The van der Waals surface area contributed by atoms with Crippen molar-refractivity contribution in [2.45, 2.75) is 84.1 Å². The second-order valence-electron chi connectivity index (χ2n) is 6.78. The van der Waals surface area contributed by atoms with Crippen LogP contribution in [-0.4, -0.2) is 6.54 Å². The van der Waals surface area contributed by atoms with Crippen LogP contribution in [0.5, 0.6) is 0 Å². The summed E-state index contributed by atoms with van der Waals surface area (Å²) in [5.74, 6) is 3.83. The van der Waals surface area contributed by atoms with Crippen LogP contribution in [0.3, 0.4) is 0 Å². The zero-order valence-corrected chi connectivity index (χ0v) is 14.0. The van der Waals surface area contributed by atoms with E-state index in [1.807, 2.05) is 0 Å². The van der Waals surface area contributed by atoms with Crippen molar-refractivity contribution < 1.29 is 4.42 Å². The number of rotatable bonds is 12. The third-order valence-electron chi connectivity index (χ3n) is 4.66. The lowest BCUT2D eigenvalue weighted by Crippen LogP contribution is -2.14. The predicted molar refractivity (Wildman–Crippen MR) is 89.5 cm³/mol. The highest BCUT2D eigenvalue weighted by Crippen LogP contribution is 2.47. The smallest absolute Gasteiger partial charge is 0.117 e. The lowest BCUT2D eigenvalue weighted by atomic mass is 10.1. The van der Waals surface area contributed by atoms with Crippen LogP contribution in [0, 0.1) is 5.92 Å². The second-order valence-corrected chi connectivity index (χ2v) is 6.78. The second kappa shape index (κ2) is 9.30. The Morgan fingerprint density at radius 1 is 1.05 bits per heavy atom. The van der Waals surface area contributed by atoms with Crippen LogP contribution < -0.4 is 5.32 Å². The van der Waals surface area contributed by atoms with Crippen LogP contribution in [0.2, 0.25) is 0 Å². The van der Waals surface area contributed by atoms with Crippen LogP contribution >= 0.6 is 0 Å². The monoisotopic (exact) mass is 291 g/mol. The van der Waals surface area contributed by atoms with Crippen molar-refractivity contribution in [1.82, 2.24) is 5.32 Å². The van der Waals surface area contributed by atoms with Gasteiger partial charge in [0.05, 0.1) is 6.54 Å². The van der Waals surface area contributed by atoms with E-state index < -0.39 is 0 Å². The molecule has 0 spiro atoms. The number of furan rings is 1. The number of nitrogens with one attached hydrogen (secondary N) is 1. The summed E-state index contributed by atoms with van der Waals surface area (Å²) in [5, 5.41) is 3.50. The van der Waals surface area contributed by atoms with Gasteiger partial charge in [-0.05, 0) is 37.4 Å². The zero-order valence-electron chi connectivity index (χ0n) is 14.0. The molecule has 2 heteroatoms. The summed E-state index contributed by atoms with van der Waals surface area (Å²) in [7, 11) is 0. The molecule has 0 aliphatic heterocycles. The van der Waals surface area contributed by atoms with Crippen molar-refractivity contribution in [3.63, 3.8) is 0 Å². The minimum Gasteiger partial charge on any atom is -0.464 e. The van der Waals surface area contributed by atoms with E-state index in [2.05, 4.69) is 31.3 Å². The van der Waals surface area contributed by atoms with E-state index >= 15 is 0 Å². The van der Waals surface area contributed by atoms with Gasteiger partial charge in [0.25, 0.3) is 0 Å². The van der Waals surface area contributed by atoms with Crippen molar-refractivity contribution >= 4 is 0 Å². The van der Waals surface area contributed by atoms with Crippen LogP contribution in [0.4, 0.5) is 0 Å². The summed E-state index contributed by atoms with van der Waals surface area (Å²) in [5.41, 5.74) is 0. The van der Waals surface area contributed by atoms with Gasteiger partial charge >= 0.3 is 0 Å². The summed E-state index contributed by atoms with van der Waals surface area (Å²) in [6.07, 6.45) is 12.4. The molecule has 1 fully saturated rings. The molecule has 2 rings (SSSR count). The number of unbranched alkanes of at least 4 members (excludes halogenated alkanes) is 7. The molecule has 1 aliphatic carbocycles. The van der Waals surface area contributed by atoms with Crippen LogP contribution in [0.1, 0.15) is 89.1 Å². The Labute approximate surface area is 130 Å². The molecular formula is C19H33NO. The van der Waals surface area contributed by atoms with Gasteiger partial charge in [-0.3, -0.25) is 0 Å². The molecule has 0 radical (unpaired) electrons. The molecule has 0 aromatic carbocycles. The molecule has 1 saturated carbocycles. The van der Waals surface area contributed by atoms with Crippen molar-refractivity contribution in [2.75, 3.05) is 6.54 Å². The van der Waals surface area contributed by atoms with Crippen molar-refractivity contribution in [1.29, 1.82) is 0 Å². The maximum Gasteiger partial charge on any atom is 0.117 e. The van der Waals surface area contributed by atoms with Gasteiger partial charge in [0.15, 0.2) is 0 Å². The van der Waals surface area contributed by atoms with Gasteiger partial charge in [0.1, 0.15) is 11.5 Å². The van der Waals surface area contributed by atoms with E-state index in [4.69, 9.17) is 4.42 Å². The Bertz CT molecular complexity index is 385. The van der Waals surface area contributed by atoms with E-state index in [1.165, 1.54) is 63.5 Å². The first-order valence-electron chi connectivity index (χ1n) is 9.10. The SMILES string of the molecule is CCCCCCCCCCNCc1ccc(C2CC2C)o1. The highest BCUT2D eigenvalue weighted by Gasteiger charge is 2.36. The highest BCUT2D eigenvalue weighted by atomic mass is 16.3. The molecule has 0 amide bonds. The molecule has 2 atom stereocenters. The topological polar surface area (TPSA) is 25.2 Å². The molecule has 1 heterocycles. The molecule has 21 heavy (non-hydrogen) atoms. The molecule has 1 N–H and O–H groups in total. The fourth-order valence-electron chi connectivity index (χ4n) is 3.00. The van der Waals surface area contributed by atoms with Gasteiger partial charge in [-0.25, -0.2) is 0 Å². The first kappa shape index (κ1) is 16.6. The van der Waals surface area contributed by atoms with E-state index in [-0.39, 0.29) is 0 Å². The van der Waals surface area contributed by atoms with Gasteiger partial charge in [0, 0.05) is 5.92 Å². The van der Waals surface area contributed by atoms with Crippen LogP contribution in [-0.2, 0) is 6.54 Å². The Hall–Kier alpha value is -0.760. The lowest BCUT2D eigenvalue weighted by Gasteiger charge is -2.03. The van der Waals surface area contributed by atoms with Gasteiger partial charge in [-0.2, -0.15) is 0 Å². The minimum atomic E-state index is 0.700. The fraction of sp³-hybridized carbons (Fsp3) is 0.789. The van der Waals surface area contributed by atoms with E-state index in [1.54, 1.807) is 0 Å². The van der Waals surface area contributed by atoms with Crippen molar-refractivity contribution in [3.05, 3.63) is 23.7 Å². The predicted octanol–water partition coefficient (Wildman–Crippen LogP) is 5.63. The Balaban J connectivity index is 1.42. The average Bonchev–Trinajstić information content (AvgIpc) is 3.03. The molecule has 1 aromatic heterocycles. The third-order valence-corrected chi connectivity index (χ3v) is 4.66. The highest BCUT2D eigenvalue weighted by molar-refractivity contribution is 5.17. The summed E-state index contributed by atoms with van der Waals surface area (Å²) in [6, 6.07) is 4.31. The molecule has 0 bridgehead atoms. The Morgan fingerprint density at radius 3 is 2.38 bits per heavy atom. The molecule has 0 saturated heterocycles. The molecule has 2 unspecified atom stereocenters. The van der Waals surface area contributed by atoms with Gasteiger partial charge in [0.2, 0.25) is 0 Å². The van der Waals surface area contributed by atoms with Crippen LogP contribution in [0.15, 0.2) is 16.5 Å². The maximum atomic E-state index is 5.90. The molecule has 2 nitrogen and oxygen atoms in total.